The summed E-state index contributed by atoms with van der Waals surface area (Å²) in [6.07, 6.45) is 6.95. The minimum Gasteiger partial charge on any atom is -0.370 e. The highest BCUT2D eigenvalue weighted by Gasteiger charge is 2.37. The molecular weight excluding hydrogens is 512 g/mol. The van der Waals surface area contributed by atoms with Crippen LogP contribution in [-0.2, 0) is 14.3 Å². The average Bonchev–Trinajstić information content (AvgIpc) is 3.27. The van der Waals surface area contributed by atoms with Gasteiger partial charge in [0.05, 0.1) is 15.8 Å². The van der Waals surface area contributed by atoms with Gasteiger partial charge in [-0.2, -0.15) is 0 Å². The number of nitrogens with one attached hydrogen (secondary N) is 2. The van der Waals surface area contributed by atoms with Crippen LogP contribution in [0.2, 0.25) is 4.34 Å². The van der Waals surface area contributed by atoms with Crippen LogP contribution in [-0.4, -0.2) is 67.6 Å². The van der Waals surface area contributed by atoms with Crippen LogP contribution in [0.4, 0.5) is 11.4 Å². The Morgan fingerprint density at radius 1 is 1.11 bits per heavy atom. The zero-order valence-electron chi connectivity index (χ0n) is 20.8. The number of thiophene rings is 1. The van der Waals surface area contributed by atoms with Gasteiger partial charge in [0.2, 0.25) is 5.91 Å². The Hall–Kier alpha value is -2.46. The number of benzene rings is 1. The second-order valence-corrected chi connectivity index (χ2v) is 11.8. The fraction of sp³-hybridized carbons (Fsp3) is 0.519. The maximum absolute atomic E-state index is 13.7. The average molecular weight is 545 g/mol. The lowest BCUT2D eigenvalue weighted by atomic mass is 9.82. The zero-order valence-corrected chi connectivity index (χ0v) is 22.4. The van der Waals surface area contributed by atoms with Gasteiger partial charge in [-0.1, -0.05) is 24.4 Å². The van der Waals surface area contributed by atoms with Gasteiger partial charge in [0.15, 0.2) is 0 Å². The Morgan fingerprint density at radius 3 is 2.46 bits per heavy atom. The Labute approximate surface area is 226 Å². The number of ether oxygens (including phenoxy) is 1. The van der Waals surface area contributed by atoms with E-state index in [9.17, 15) is 14.4 Å². The normalized spacial score (nSPS) is 19.3. The number of hydrogen-bond acceptors (Lipinski definition) is 6. The molecule has 0 radical (unpaired) electrons. The molecule has 1 aromatic carbocycles. The van der Waals surface area contributed by atoms with E-state index in [1.807, 2.05) is 24.3 Å². The van der Waals surface area contributed by atoms with Crippen molar-refractivity contribution < 1.29 is 19.1 Å². The monoisotopic (exact) mass is 544 g/mol. The lowest BCUT2D eigenvalue weighted by molar-refractivity contribution is -0.126. The van der Waals surface area contributed by atoms with E-state index in [0.29, 0.717) is 40.0 Å². The van der Waals surface area contributed by atoms with Gasteiger partial charge in [-0.05, 0) is 68.0 Å². The summed E-state index contributed by atoms with van der Waals surface area (Å²) in [5.41, 5.74) is 1.44. The molecule has 37 heavy (non-hydrogen) atoms. The van der Waals surface area contributed by atoms with Crippen LogP contribution >= 0.6 is 22.9 Å². The highest BCUT2D eigenvalue weighted by Crippen LogP contribution is 2.33. The molecule has 0 spiro atoms. The van der Waals surface area contributed by atoms with E-state index in [1.54, 1.807) is 17.0 Å². The summed E-state index contributed by atoms with van der Waals surface area (Å²) in [5, 5.41) is 6.05. The highest BCUT2D eigenvalue weighted by atomic mass is 35.5. The van der Waals surface area contributed by atoms with Crippen LogP contribution in [0.5, 0.6) is 0 Å². The quantitative estimate of drug-likeness (QED) is 0.469. The van der Waals surface area contributed by atoms with Crippen molar-refractivity contribution in [1.29, 1.82) is 0 Å². The Kier molecular flexibility index (Phi) is 8.44. The molecule has 3 amide bonds. The molecule has 10 heteroatoms. The predicted molar refractivity (Wildman–Crippen MR) is 145 cm³/mol. The second kappa shape index (κ2) is 11.9. The molecule has 2 heterocycles. The molecule has 2 N–H and O–H groups in total. The molecule has 2 saturated carbocycles. The van der Waals surface area contributed by atoms with E-state index in [4.69, 9.17) is 16.3 Å². The minimum atomic E-state index is -0.481. The van der Waals surface area contributed by atoms with E-state index in [2.05, 4.69) is 15.5 Å². The van der Waals surface area contributed by atoms with Crippen molar-refractivity contribution in [3.8, 4) is 0 Å². The van der Waals surface area contributed by atoms with Crippen molar-refractivity contribution in [2.24, 2.45) is 5.92 Å². The van der Waals surface area contributed by atoms with Gasteiger partial charge in [0.25, 0.3) is 11.8 Å². The first-order chi connectivity index (χ1) is 18.0. The van der Waals surface area contributed by atoms with E-state index in [1.165, 1.54) is 37.0 Å². The van der Waals surface area contributed by atoms with Gasteiger partial charge in [-0.3, -0.25) is 19.3 Å². The SMILES string of the molecule is O=C(NC[C@@H](C(=O)Nc1ccc(N2CCOCC2=O)cc1)N(CC1CCC1)C1CCC1)c1ccc(Cl)s1. The lowest BCUT2D eigenvalue weighted by Gasteiger charge is -2.45. The number of hydrogen-bond donors (Lipinski definition) is 2. The molecule has 0 unspecified atom stereocenters. The summed E-state index contributed by atoms with van der Waals surface area (Å²) in [7, 11) is 0. The molecule has 3 aliphatic rings. The van der Waals surface area contributed by atoms with Crippen LogP contribution in [0.3, 0.4) is 0 Å². The molecule has 2 aromatic rings. The zero-order chi connectivity index (χ0) is 25.8. The van der Waals surface area contributed by atoms with Crippen LogP contribution in [0.15, 0.2) is 36.4 Å². The van der Waals surface area contributed by atoms with Crippen molar-refractivity contribution in [2.45, 2.75) is 50.6 Å². The summed E-state index contributed by atoms with van der Waals surface area (Å²) in [6.45, 7) is 2.21. The number of nitrogens with zero attached hydrogens (tertiary/aromatic N) is 2. The topological polar surface area (TPSA) is 91.0 Å². The van der Waals surface area contributed by atoms with E-state index in [-0.39, 0.29) is 30.9 Å². The molecule has 0 bridgehead atoms. The summed E-state index contributed by atoms with van der Waals surface area (Å²) in [4.78, 5) is 43.2. The Bertz CT molecular complexity index is 1120. The van der Waals surface area contributed by atoms with Gasteiger partial charge < -0.3 is 20.3 Å². The first-order valence-electron chi connectivity index (χ1n) is 13.1. The molecule has 198 valence electrons. The molecular formula is C27H33ClN4O4S. The molecule has 1 atom stereocenters. The van der Waals surface area contributed by atoms with E-state index >= 15 is 0 Å². The Balaban J connectivity index is 1.29. The third-order valence-corrected chi connectivity index (χ3v) is 8.86. The molecule has 1 saturated heterocycles. The summed E-state index contributed by atoms with van der Waals surface area (Å²) < 4.78 is 5.77. The number of carbonyl (C=O) groups excluding carboxylic acids is 3. The first-order valence-corrected chi connectivity index (χ1v) is 14.3. The number of amides is 3. The number of anilines is 2. The summed E-state index contributed by atoms with van der Waals surface area (Å²) >= 11 is 7.24. The molecule has 2 aliphatic carbocycles. The van der Waals surface area contributed by atoms with Crippen molar-refractivity contribution >= 4 is 52.0 Å². The lowest BCUT2D eigenvalue weighted by Crippen LogP contribution is -2.57. The van der Waals surface area contributed by atoms with Crippen molar-refractivity contribution in [3.05, 3.63) is 45.6 Å². The second-order valence-electron chi connectivity index (χ2n) is 10.0. The molecule has 1 aliphatic heterocycles. The predicted octanol–water partition coefficient (Wildman–Crippen LogP) is 4.16. The largest absolute Gasteiger partial charge is 0.370 e. The van der Waals surface area contributed by atoms with Crippen LogP contribution in [0.1, 0.15) is 48.2 Å². The molecule has 8 nitrogen and oxygen atoms in total. The number of carbonyl (C=O) groups is 3. The number of halogens is 1. The van der Waals surface area contributed by atoms with E-state index in [0.717, 1.165) is 25.1 Å². The van der Waals surface area contributed by atoms with Gasteiger partial charge in [-0.25, -0.2) is 0 Å². The van der Waals surface area contributed by atoms with Crippen molar-refractivity contribution in [1.82, 2.24) is 10.2 Å². The first kappa shape index (κ1) is 26.2. The van der Waals surface area contributed by atoms with Gasteiger partial charge >= 0.3 is 0 Å². The van der Waals surface area contributed by atoms with Crippen molar-refractivity contribution in [2.75, 3.05) is 43.1 Å². The molecule has 5 rings (SSSR count). The molecule has 3 fully saturated rings. The maximum Gasteiger partial charge on any atom is 0.261 e. The van der Waals surface area contributed by atoms with Crippen molar-refractivity contribution in [3.63, 3.8) is 0 Å². The van der Waals surface area contributed by atoms with E-state index < -0.39 is 6.04 Å². The standard InChI is InChI=1S/C27H33ClN4O4S/c28-24-12-11-23(37-24)27(35)29-15-22(32(20-5-2-6-20)16-18-3-1-4-18)26(34)30-19-7-9-21(10-8-19)31-13-14-36-17-25(31)33/h7-12,18,20,22H,1-6,13-17H2,(H,29,35)(H,30,34)/t22-/m0/s1. The number of rotatable bonds is 10. The Morgan fingerprint density at radius 2 is 1.86 bits per heavy atom. The van der Waals surface area contributed by atoms with Crippen LogP contribution in [0, 0.1) is 5.92 Å². The van der Waals surface area contributed by atoms with Gasteiger partial charge in [0.1, 0.15) is 12.6 Å². The summed E-state index contributed by atoms with van der Waals surface area (Å²) in [6, 6.07) is 10.6. The fourth-order valence-corrected chi connectivity index (χ4v) is 6.00. The minimum absolute atomic E-state index is 0.0713. The maximum atomic E-state index is 13.7. The van der Waals surface area contributed by atoms with Crippen LogP contribution in [0.25, 0.3) is 0 Å². The highest BCUT2D eigenvalue weighted by molar-refractivity contribution is 7.18. The van der Waals surface area contributed by atoms with Gasteiger partial charge in [0, 0.05) is 37.1 Å². The van der Waals surface area contributed by atoms with Crippen LogP contribution < -0.4 is 15.5 Å². The molecule has 1 aromatic heterocycles. The fourth-order valence-electron chi connectivity index (χ4n) is 5.04. The summed E-state index contributed by atoms with van der Waals surface area (Å²) in [5.74, 6) is 0.184. The third-order valence-electron chi connectivity index (χ3n) is 7.63. The smallest absolute Gasteiger partial charge is 0.261 e. The third kappa shape index (κ3) is 6.34. The number of morpholine rings is 1. The van der Waals surface area contributed by atoms with Gasteiger partial charge in [-0.15, -0.1) is 11.3 Å².